The molecular weight excluding hydrogens is 298 g/mol. The minimum Gasteiger partial charge on any atom is -0.382 e. The Morgan fingerprint density at radius 3 is 2.13 bits per heavy atom. The Labute approximate surface area is 134 Å². The van der Waals surface area contributed by atoms with Gasteiger partial charge >= 0.3 is 0 Å². The first-order chi connectivity index (χ1) is 10.9. The highest BCUT2D eigenvalue weighted by Crippen LogP contribution is 2.37. The summed E-state index contributed by atoms with van der Waals surface area (Å²) in [4.78, 5) is 10.3. The number of hydroxylamine groups is 2. The summed E-state index contributed by atoms with van der Waals surface area (Å²) in [5.41, 5.74) is 0.175. The van der Waals surface area contributed by atoms with Gasteiger partial charge in [-0.25, -0.2) is 13.8 Å². The van der Waals surface area contributed by atoms with Gasteiger partial charge in [0.15, 0.2) is 6.17 Å². The lowest BCUT2D eigenvalue weighted by atomic mass is 10.0. The molecule has 1 aliphatic rings. The molecule has 1 atom stereocenters. The van der Waals surface area contributed by atoms with E-state index in [0.717, 1.165) is 5.56 Å². The normalized spacial score (nSPS) is 18.7. The molecule has 0 saturated carbocycles. The van der Waals surface area contributed by atoms with E-state index in [2.05, 4.69) is 4.99 Å². The molecule has 1 unspecified atom stereocenters. The smallest absolute Gasteiger partial charge is 0.243 e. The Morgan fingerprint density at radius 2 is 1.57 bits per heavy atom. The van der Waals surface area contributed by atoms with Crippen LogP contribution in [0.15, 0.2) is 53.5 Å². The van der Waals surface area contributed by atoms with Crippen molar-refractivity contribution in [2.24, 2.45) is 4.99 Å². The molecule has 0 aromatic heterocycles. The van der Waals surface area contributed by atoms with Crippen LogP contribution in [0, 0.1) is 11.6 Å². The molecule has 0 amide bonds. The van der Waals surface area contributed by atoms with Gasteiger partial charge in [0.2, 0.25) is 5.90 Å². The monoisotopic (exact) mass is 316 g/mol. The zero-order chi connectivity index (χ0) is 16.6. The number of benzene rings is 2. The van der Waals surface area contributed by atoms with Crippen molar-refractivity contribution in [3.8, 4) is 0 Å². The number of halogens is 2. The van der Waals surface area contributed by atoms with Gasteiger partial charge in [-0.1, -0.05) is 24.3 Å². The minimum absolute atomic E-state index is 0.103. The third-order valence-electron chi connectivity index (χ3n) is 3.59. The van der Waals surface area contributed by atoms with Gasteiger partial charge in [-0.2, -0.15) is 0 Å². The number of aliphatic imine (C=N–C) groups is 1. The van der Waals surface area contributed by atoms with Gasteiger partial charge < -0.3 is 4.84 Å². The molecule has 2 aromatic rings. The zero-order valence-corrected chi connectivity index (χ0v) is 13.3. The molecule has 3 nitrogen and oxygen atoms in total. The Bertz CT molecular complexity index is 718. The standard InChI is InChI=1S/C18H18F2N2O/c1-18(2,3)22-16(15-13(19)10-7-11-14(15)20)21-17(23-22)12-8-5-4-6-9-12/h4-11,16H,1-3H3. The van der Waals surface area contributed by atoms with E-state index in [9.17, 15) is 8.78 Å². The zero-order valence-electron chi connectivity index (χ0n) is 13.3. The maximum absolute atomic E-state index is 14.2. The first kappa shape index (κ1) is 15.6. The third kappa shape index (κ3) is 2.97. The second-order valence-electron chi connectivity index (χ2n) is 6.40. The van der Waals surface area contributed by atoms with Gasteiger partial charge in [0.05, 0.1) is 11.1 Å². The van der Waals surface area contributed by atoms with Crippen molar-refractivity contribution in [2.75, 3.05) is 0 Å². The molecule has 3 rings (SSSR count). The van der Waals surface area contributed by atoms with Crippen molar-refractivity contribution in [1.29, 1.82) is 0 Å². The summed E-state index contributed by atoms with van der Waals surface area (Å²) in [6, 6.07) is 13.1. The van der Waals surface area contributed by atoms with Crippen LogP contribution in [0.4, 0.5) is 8.78 Å². The van der Waals surface area contributed by atoms with Crippen LogP contribution in [0.5, 0.6) is 0 Å². The molecule has 5 heteroatoms. The van der Waals surface area contributed by atoms with Crippen LogP contribution in [0.25, 0.3) is 0 Å². The van der Waals surface area contributed by atoms with Crippen LogP contribution in [0.2, 0.25) is 0 Å². The molecule has 1 heterocycles. The maximum atomic E-state index is 14.2. The van der Waals surface area contributed by atoms with Crippen LogP contribution in [0.1, 0.15) is 38.1 Å². The quantitative estimate of drug-likeness (QED) is 0.817. The fourth-order valence-corrected chi connectivity index (χ4v) is 2.48. The summed E-state index contributed by atoms with van der Waals surface area (Å²) in [5.74, 6) is -0.912. The van der Waals surface area contributed by atoms with E-state index in [4.69, 9.17) is 4.84 Å². The lowest BCUT2D eigenvalue weighted by Crippen LogP contribution is -2.41. The molecule has 0 saturated heterocycles. The summed E-state index contributed by atoms with van der Waals surface area (Å²) >= 11 is 0. The van der Waals surface area contributed by atoms with E-state index in [-0.39, 0.29) is 5.56 Å². The van der Waals surface area contributed by atoms with E-state index >= 15 is 0 Å². The third-order valence-corrected chi connectivity index (χ3v) is 3.59. The fraction of sp³-hybridized carbons (Fsp3) is 0.278. The molecule has 0 bridgehead atoms. The molecule has 0 aliphatic carbocycles. The highest BCUT2D eigenvalue weighted by molar-refractivity contribution is 5.94. The average molecular weight is 316 g/mol. The SMILES string of the molecule is CC(C)(C)N1OC(c2ccccc2)=NC1c1c(F)cccc1F. The van der Waals surface area contributed by atoms with Gasteiger partial charge in [0.1, 0.15) is 11.6 Å². The summed E-state index contributed by atoms with van der Waals surface area (Å²) < 4.78 is 28.4. The predicted octanol–water partition coefficient (Wildman–Crippen LogP) is 4.46. The fourth-order valence-electron chi connectivity index (χ4n) is 2.48. The summed E-state index contributed by atoms with van der Waals surface area (Å²) in [7, 11) is 0. The van der Waals surface area contributed by atoms with Gasteiger partial charge in [-0.3, -0.25) is 0 Å². The Morgan fingerprint density at radius 1 is 0.957 bits per heavy atom. The maximum Gasteiger partial charge on any atom is 0.243 e. The van der Waals surface area contributed by atoms with Gasteiger partial charge in [0.25, 0.3) is 0 Å². The lowest BCUT2D eigenvalue weighted by Gasteiger charge is -2.33. The first-order valence-corrected chi connectivity index (χ1v) is 7.42. The van der Waals surface area contributed by atoms with E-state index in [0.29, 0.717) is 5.90 Å². The number of hydrogen-bond acceptors (Lipinski definition) is 3. The summed E-state index contributed by atoms with van der Waals surface area (Å²) in [6.07, 6.45) is -0.869. The van der Waals surface area contributed by atoms with E-state index in [1.54, 1.807) is 0 Å². The van der Waals surface area contributed by atoms with E-state index < -0.39 is 23.3 Å². The topological polar surface area (TPSA) is 24.8 Å². The van der Waals surface area contributed by atoms with Crippen LogP contribution < -0.4 is 0 Å². The van der Waals surface area contributed by atoms with Gasteiger partial charge in [-0.15, -0.1) is 5.06 Å². The van der Waals surface area contributed by atoms with Crippen molar-refractivity contribution in [1.82, 2.24) is 5.06 Å². The molecule has 0 N–H and O–H groups in total. The first-order valence-electron chi connectivity index (χ1n) is 7.42. The minimum atomic E-state index is -0.869. The van der Waals surface area contributed by atoms with Crippen molar-refractivity contribution in [2.45, 2.75) is 32.5 Å². The van der Waals surface area contributed by atoms with Crippen LogP contribution in [-0.2, 0) is 4.84 Å². The Hall–Kier alpha value is -2.27. The number of hydrogen-bond donors (Lipinski definition) is 0. The van der Waals surface area contributed by atoms with E-state index in [1.165, 1.54) is 23.3 Å². The molecule has 2 aromatic carbocycles. The Balaban J connectivity index is 2.09. The molecular formula is C18H18F2N2O. The molecule has 0 fully saturated rings. The lowest BCUT2D eigenvalue weighted by molar-refractivity contribution is -0.151. The van der Waals surface area contributed by atoms with Crippen LogP contribution in [0.3, 0.4) is 0 Å². The second-order valence-corrected chi connectivity index (χ2v) is 6.40. The predicted molar refractivity (Wildman–Crippen MR) is 84.8 cm³/mol. The summed E-state index contributed by atoms with van der Waals surface area (Å²) in [5, 5.41) is 1.52. The molecule has 0 radical (unpaired) electrons. The number of nitrogens with zero attached hydrogens (tertiary/aromatic N) is 2. The van der Waals surface area contributed by atoms with Crippen molar-refractivity contribution in [3.63, 3.8) is 0 Å². The number of rotatable bonds is 2. The molecule has 23 heavy (non-hydrogen) atoms. The van der Waals surface area contributed by atoms with Crippen LogP contribution in [-0.4, -0.2) is 16.5 Å². The Kier molecular flexibility index (Phi) is 3.90. The average Bonchev–Trinajstić information content (AvgIpc) is 2.93. The molecule has 120 valence electrons. The van der Waals surface area contributed by atoms with Gasteiger partial charge in [0, 0.05) is 5.56 Å². The molecule has 1 aliphatic heterocycles. The highest BCUT2D eigenvalue weighted by atomic mass is 19.1. The van der Waals surface area contributed by atoms with Crippen molar-refractivity contribution in [3.05, 3.63) is 71.3 Å². The van der Waals surface area contributed by atoms with Crippen molar-refractivity contribution >= 4 is 5.90 Å². The highest BCUT2D eigenvalue weighted by Gasteiger charge is 2.40. The summed E-state index contributed by atoms with van der Waals surface area (Å²) in [6.45, 7) is 5.71. The van der Waals surface area contributed by atoms with Gasteiger partial charge in [-0.05, 0) is 45.0 Å². The molecule has 0 spiro atoms. The van der Waals surface area contributed by atoms with Crippen molar-refractivity contribution < 1.29 is 13.6 Å². The van der Waals surface area contributed by atoms with Crippen LogP contribution >= 0.6 is 0 Å². The largest absolute Gasteiger partial charge is 0.382 e. The van der Waals surface area contributed by atoms with E-state index in [1.807, 2.05) is 51.1 Å². The second kappa shape index (κ2) is 5.74.